The lowest BCUT2D eigenvalue weighted by Gasteiger charge is -2.38. The average molecular weight is 338 g/mol. The van der Waals surface area contributed by atoms with Gasteiger partial charge in [0, 0.05) is 26.2 Å². The molecular weight excluding hydrogens is 316 g/mol. The minimum Gasteiger partial charge on any atom is -0.481 e. The Balaban J connectivity index is 1.82. The summed E-state index contributed by atoms with van der Waals surface area (Å²) in [4.78, 5) is 11.2. The molecule has 1 N–H and O–H groups in total. The first-order chi connectivity index (χ1) is 10.9. The van der Waals surface area contributed by atoms with Crippen molar-refractivity contribution < 1.29 is 18.3 Å². The maximum absolute atomic E-state index is 12.9. The molecule has 6 nitrogen and oxygen atoms in total. The van der Waals surface area contributed by atoms with Gasteiger partial charge in [-0.25, -0.2) is 0 Å². The fourth-order valence-electron chi connectivity index (χ4n) is 3.51. The SMILES string of the molecule is CC1CN(S(=O)(=O)N2CCCC(C(=O)O)C2)Cc2ccccc21. The average Bonchev–Trinajstić information content (AvgIpc) is 2.55. The Morgan fingerprint density at radius 3 is 2.70 bits per heavy atom. The van der Waals surface area contributed by atoms with E-state index in [0.717, 1.165) is 5.56 Å². The minimum absolute atomic E-state index is 0.0736. The number of carboxylic acids is 1. The van der Waals surface area contributed by atoms with E-state index >= 15 is 0 Å². The Bertz CT molecular complexity index is 704. The standard InChI is InChI=1S/C16H22N2O4S/c1-12-9-18(10-13-5-2-3-7-15(12)13)23(21,22)17-8-4-6-14(11-17)16(19)20/h2-3,5,7,12,14H,4,6,8-11H2,1H3,(H,19,20). The van der Waals surface area contributed by atoms with Crippen molar-refractivity contribution in [3.05, 3.63) is 35.4 Å². The molecule has 23 heavy (non-hydrogen) atoms. The number of aliphatic carboxylic acids is 1. The summed E-state index contributed by atoms with van der Waals surface area (Å²) in [6, 6.07) is 7.90. The Hall–Kier alpha value is -1.44. The highest BCUT2D eigenvalue weighted by molar-refractivity contribution is 7.86. The lowest BCUT2D eigenvalue weighted by Crippen LogP contribution is -2.50. The van der Waals surface area contributed by atoms with Crippen molar-refractivity contribution in [3.63, 3.8) is 0 Å². The first-order valence-corrected chi connectivity index (χ1v) is 9.35. The highest BCUT2D eigenvalue weighted by Gasteiger charge is 2.38. The fourth-order valence-corrected chi connectivity index (χ4v) is 5.28. The van der Waals surface area contributed by atoms with Crippen molar-refractivity contribution >= 4 is 16.2 Å². The van der Waals surface area contributed by atoms with Gasteiger partial charge in [-0.05, 0) is 29.9 Å². The van der Waals surface area contributed by atoms with E-state index in [1.54, 1.807) is 0 Å². The van der Waals surface area contributed by atoms with Crippen LogP contribution in [0.5, 0.6) is 0 Å². The second kappa shape index (κ2) is 6.22. The first kappa shape index (κ1) is 16.4. The van der Waals surface area contributed by atoms with Crippen molar-refractivity contribution in [2.24, 2.45) is 5.92 Å². The molecule has 1 aromatic rings. The lowest BCUT2D eigenvalue weighted by molar-refractivity contribution is -0.142. The number of carboxylic acid groups (broad SMARTS) is 1. The van der Waals surface area contributed by atoms with Crippen molar-refractivity contribution in [3.8, 4) is 0 Å². The van der Waals surface area contributed by atoms with Crippen molar-refractivity contribution in [1.29, 1.82) is 0 Å². The lowest BCUT2D eigenvalue weighted by atomic mass is 9.92. The molecule has 0 aromatic heterocycles. The van der Waals surface area contributed by atoms with Crippen molar-refractivity contribution in [2.75, 3.05) is 19.6 Å². The largest absolute Gasteiger partial charge is 0.481 e. The van der Waals surface area contributed by atoms with Gasteiger partial charge in [0.15, 0.2) is 0 Å². The topological polar surface area (TPSA) is 77.9 Å². The number of nitrogens with zero attached hydrogens (tertiary/aromatic N) is 2. The molecule has 0 spiro atoms. The molecule has 2 unspecified atom stereocenters. The summed E-state index contributed by atoms with van der Waals surface area (Å²) >= 11 is 0. The molecule has 7 heteroatoms. The van der Waals surface area contributed by atoms with E-state index in [4.69, 9.17) is 5.11 Å². The zero-order chi connectivity index (χ0) is 16.6. The van der Waals surface area contributed by atoms with Gasteiger partial charge in [0.05, 0.1) is 5.92 Å². The summed E-state index contributed by atoms with van der Waals surface area (Å²) in [7, 11) is -3.62. The smallest absolute Gasteiger partial charge is 0.307 e. The zero-order valence-corrected chi connectivity index (χ0v) is 14.0. The number of fused-ring (bicyclic) bond motifs is 1. The number of hydrogen-bond donors (Lipinski definition) is 1. The van der Waals surface area contributed by atoms with Gasteiger partial charge >= 0.3 is 5.97 Å². The van der Waals surface area contributed by atoms with Crippen LogP contribution in [-0.2, 0) is 21.5 Å². The monoisotopic (exact) mass is 338 g/mol. The van der Waals surface area contributed by atoms with Crippen LogP contribution in [-0.4, -0.2) is 47.7 Å². The van der Waals surface area contributed by atoms with Gasteiger partial charge in [-0.3, -0.25) is 4.79 Å². The van der Waals surface area contributed by atoms with E-state index in [9.17, 15) is 13.2 Å². The molecule has 1 fully saturated rings. The molecule has 0 amide bonds. The fraction of sp³-hybridized carbons (Fsp3) is 0.562. The summed E-state index contributed by atoms with van der Waals surface area (Å²) in [5.74, 6) is -1.38. The van der Waals surface area contributed by atoms with Crippen LogP contribution in [0.4, 0.5) is 0 Å². The predicted octanol–water partition coefficient (Wildman–Crippen LogP) is 1.65. The normalized spacial score (nSPS) is 26.7. The van der Waals surface area contributed by atoms with Crippen LogP contribution >= 0.6 is 0 Å². The summed E-state index contributed by atoms with van der Waals surface area (Å²) in [5.41, 5.74) is 2.22. The second-order valence-corrected chi connectivity index (χ2v) is 8.36. The summed E-state index contributed by atoms with van der Waals surface area (Å²) < 4.78 is 28.7. The molecule has 1 saturated heterocycles. The molecule has 0 saturated carbocycles. The maximum Gasteiger partial charge on any atom is 0.307 e. The highest BCUT2D eigenvalue weighted by Crippen LogP contribution is 2.31. The van der Waals surface area contributed by atoms with Gasteiger partial charge in [0.1, 0.15) is 0 Å². The molecule has 0 radical (unpaired) electrons. The maximum atomic E-state index is 12.9. The number of hydrogen-bond acceptors (Lipinski definition) is 3. The Kier molecular flexibility index (Phi) is 4.44. The molecule has 2 heterocycles. The number of benzene rings is 1. The van der Waals surface area contributed by atoms with Gasteiger partial charge in [0.2, 0.25) is 0 Å². The number of carbonyl (C=O) groups is 1. The van der Waals surface area contributed by atoms with E-state index < -0.39 is 22.1 Å². The third-order valence-corrected chi connectivity index (χ3v) is 6.71. The molecule has 3 rings (SSSR count). The van der Waals surface area contributed by atoms with E-state index in [0.29, 0.717) is 32.5 Å². The van der Waals surface area contributed by atoms with Gasteiger partial charge in [-0.1, -0.05) is 31.2 Å². The predicted molar refractivity (Wildman–Crippen MR) is 86.1 cm³/mol. The number of rotatable bonds is 3. The van der Waals surface area contributed by atoms with Gasteiger partial charge in [0.25, 0.3) is 10.2 Å². The Morgan fingerprint density at radius 1 is 1.22 bits per heavy atom. The third kappa shape index (κ3) is 3.13. The molecule has 1 aromatic carbocycles. The summed E-state index contributed by atoms with van der Waals surface area (Å²) in [5, 5.41) is 9.17. The molecule has 2 atom stereocenters. The molecule has 2 aliphatic heterocycles. The van der Waals surface area contributed by atoms with Crippen LogP contribution in [0.15, 0.2) is 24.3 Å². The molecular formula is C16H22N2O4S. The first-order valence-electron chi connectivity index (χ1n) is 7.95. The number of piperidine rings is 1. The molecule has 0 bridgehead atoms. The van der Waals surface area contributed by atoms with Crippen molar-refractivity contribution in [2.45, 2.75) is 32.2 Å². The van der Waals surface area contributed by atoms with E-state index in [1.807, 2.05) is 31.2 Å². The third-order valence-electron chi connectivity index (χ3n) is 4.80. The van der Waals surface area contributed by atoms with Crippen LogP contribution in [0.25, 0.3) is 0 Å². The summed E-state index contributed by atoms with van der Waals surface area (Å²) in [6.45, 7) is 3.30. The van der Waals surface area contributed by atoms with Crippen LogP contribution in [0.2, 0.25) is 0 Å². The van der Waals surface area contributed by atoms with Crippen molar-refractivity contribution in [1.82, 2.24) is 8.61 Å². The summed E-state index contributed by atoms with van der Waals surface area (Å²) in [6.07, 6.45) is 1.14. The molecule has 126 valence electrons. The van der Waals surface area contributed by atoms with Crippen LogP contribution in [0.3, 0.4) is 0 Å². The Morgan fingerprint density at radius 2 is 1.96 bits per heavy atom. The van der Waals surface area contributed by atoms with Crippen LogP contribution < -0.4 is 0 Å². The van der Waals surface area contributed by atoms with Crippen LogP contribution in [0, 0.1) is 5.92 Å². The highest BCUT2D eigenvalue weighted by atomic mass is 32.2. The van der Waals surface area contributed by atoms with Gasteiger partial charge in [-0.15, -0.1) is 0 Å². The van der Waals surface area contributed by atoms with Crippen LogP contribution in [0.1, 0.15) is 36.8 Å². The van der Waals surface area contributed by atoms with E-state index in [1.165, 1.54) is 14.2 Å². The Labute approximate surface area is 136 Å². The second-order valence-electron chi connectivity index (χ2n) is 6.44. The van der Waals surface area contributed by atoms with Gasteiger partial charge in [-0.2, -0.15) is 17.0 Å². The molecule has 0 aliphatic carbocycles. The van der Waals surface area contributed by atoms with E-state index in [-0.39, 0.29) is 12.5 Å². The van der Waals surface area contributed by atoms with E-state index in [2.05, 4.69) is 0 Å². The van der Waals surface area contributed by atoms with Gasteiger partial charge < -0.3 is 5.11 Å². The quantitative estimate of drug-likeness (QED) is 0.909. The molecule has 2 aliphatic rings. The zero-order valence-electron chi connectivity index (χ0n) is 13.2. The minimum atomic E-state index is -3.62.